The van der Waals surface area contributed by atoms with Crippen LogP contribution >= 0.6 is 0 Å². The van der Waals surface area contributed by atoms with Crippen LogP contribution in [0.25, 0.3) is 11.4 Å². The van der Waals surface area contributed by atoms with E-state index in [1.165, 1.54) is 0 Å². The monoisotopic (exact) mass is 338 g/mol. The number of amides is 1. The average molecular weight is 338 g/mol. The number of nitrogens with one attached hydrogen (secondary N) is 1. The van der Waals surface area contributed by atoms with E-state index in [1.54, 1.807) is 0 Å². The summed E-state index contributed by atoms with van der Waals surface area (Å²) in [6, 6.07) is 12.0. The summed E-state index contributed by atoms with van der Waals surface area (Å²) in [5, 5.41) is 3.42. The third kappa shape index (κ3) is 4.56. The van der Waals surface area contributed by atoms with Crippen LogP contribution in [0.2, 0.25) is 0 Å². The van der Waals surface area contributed by atoms with E-state index >= 15 is 0 Å². The van der Waals surface area contributed by atoms with Gasteiger partial charge in [-0.15, -0.1) is 0 Å². The minimum absolute atomic E-state index is 0.0905. The lowest BCUT2D eigenvalue weighted by Crippen LogP contribution is -2.35. The average Bonchev–Trinajstić information content (AvgIpc) is 2.85. The second-order valence-corrected chi connectivity index (χ2v) is 7.96. The van der Waals surface area contributed by atoms with E-state index in [2.05, 4.69) is 36.1 Å². The van der Waals surface area contributed by atoms with Crippen LogP contribution in [0, 0.1) is 12.3 Å². The van der Waals surface area contributed by atoms with E-state index < -0.39 is 0 Å². The molecule has 132 valence electrons. The highest BCUT2D eigenvalue weighted by molar-refractivity contribution is 5.80. The Hall–Kier alpha value is -2.43. The molecule has 0 aliphatic carbocycles. The lowest BCUT2D eigenvalue weighted by molar-refractivity contribution is -0.128. The zero-order valence-electron chi connectivity index (χ0n) is 15.4. The molecule has 1 N–H and O–H groups in total. The highest BCUT2D eigenvalue weighted by Crippen LogP contribution is 2.23. The maximum absolute atomic E-state index is 12.3. The van der Waals surface area contributed by atoms with Gasteiger partial charge in [0.1, 0.15) is 5.82 Å². The van der Waals surface area contributed by atoms with Gasteiger partial charge in [0.15, 0.2) is 5.82 Å². The van der Waals surface area contributed by atoms with Crippen molar-refractivity contribution in [3.05, 3.63) is 42.1 Å². The second-order valence-electron chi connectivity index (χ2n) is 7.96. The molecule has 1 aliphatic rings. The van der Waals surface area contributed by atoms with E-state index in [1.807, 2.05) is 48.2 Å². The van der Waals surface area contributed by atoms with Gasteiger partial charge in [-0.2, -0.15) is 0 Å². The molecule has 0 saturated carbocycles. The zero-order valence-corrected chi connectivity index (χ0v) is 15.4. The van der Waals surface area contributed by atoms with Gasteiger partial charge in [0.05, 0.1) is 6.04 Å². The molecule has 0 bridgehead atoms. The quantitative estimate of drug-likeness (QED) is 0.927. The smallest absolute Gasteiger partial charge is 0.224 e. The van der Waals surface area contributed by atoms with Gasteiger partial charge in [0.2, 0.25) is 5.91 Å². The molecule has 2 aromatic rings. The maximum atomic E-state index is 12.3. The van der Waals surface area contributed by atoms with Crippen molar-refractivity contribution in [3.8, 4) is 11.4 Å². The molecular formula is C20H26N4O. The topological polar surface area (TPSA) is 58.1 Å². The van der Waals surface area contributed by atoms with Gasteiger partial charge in [-0.25, -0.2) is 9.97 Å². The second kappa shape index (κ2) is 6.82. The Labute approximate surface area is 149 Å². The van der Waals surface area contributed by atoms with Gasteiger partial charge in [-0.1, -0.05) is 51.1 Å². The Morgan fingerprint density at radius 3 is 2.60 bits per heavy atom. The molecule has 3 rings (SSSR count). The van der Waals surface area contributed by atoms with Crippen molar-refractivity contribution in [2.24, 2.45) is 5.41 Å². The van der Waals surface area contributed by atoms with Crippen molar-refractivity contribution in [3.63, 3.8) is 0 Å². The summed E-state index contributed by atoms with van der Waals surface area (Å²) in [5.41, 5.74) is 2.01. The summed E-state index contributed by atoms with van der Waals surface area (Å²) in [6.07, 6.45) is 0.514. The fraction of sp³-hybridized carbons (Fsp3) is 0.450. The molecule has 1 atom stereocenters. The maximum Gasteiger partial charge on any atom is 0.224 e. The number of carbonyl (C=O) groups is 1. The summed E-state index contributed by atoms with van der Waals surface area (Å²) >= 11 is 0. The number of nitrogens with zero attached hydrogens (tertiary/aromatic N) is 3. The molecule has 25 heavy (non-hydrogen) atoms. The van der Waals surface area contributed by atoms with Crippen LogP contribution in [0.5, 0.6) is 0 Å². The normalized spacial score (nSPS) is 17.8. The van der Waals surface area contributed by atoms with Crippen LogP contribution < -0.4 is 5.32 Å². The van der Waals surface area contributed by atoms with Gasteiger partial charge in [0.25, 0.3) is 0 Å². The van der Waals surface area contributed by atoms with Crippen LogP contribution in [-0.4, -0.2) is 39.9 Å². The molecule has 1 saturated heterocycles. The van der Waals surface area contributed by atoms with E-state index in [-0.39, 0.29) is 17.4 Å². The predicted molar refractivity (Wildman–Crippen MR) is 100 cm³/mol. The summed E-state index contributed by atoms with van der Waals surface area (Å²) in [4.78, 5) is 23.4. The molecule has 0 unspecified atom stereocenters. The first-order valence-corrected chi connectivity index (χ1v) is 8.75. The van der Waals surface area contributed by atoms with Crippen molar-refractivity contribution in [2.75, 3.05) is 18.4 Å². The van der Waals surface area contributed by atoms with E-state index in [0.29, 0.717) is 12.2 Å². The molecule has 2 heterocycles. The highest BCUT2D eigenvalue weighted by Gasteiger charge is 2.32. The van der Waals surface area contributed by atoms with Crippen molar-refractivity contribution in [1.82, 2.24) is 14.9 Å². The van der Waals surface area contributed by atoms with Crippen LogP contribution in [0.4, 0.5) is 5.82 Å². The predicted octanol–water partition coefficient (Wildman–Crippen LogP) is 3.51. The third-order valence-electron chi connectivity index (χ3n) is 4.12. The van der Waals surface area contributed by atoms with Gasteiger partial charge >= 0.3 is 0 Å². The number of hydrogen-bond acceptors (Lipinski definition) is 4. The number of rotatable bonds is 4. The van der Waals surface area contributed by atoms with E-state index in [4.69, 9.17) is 0 Å². The zero-order chi connectivity index (χ0) is 18.0. The Balaban J connectivity index is 1.74. The summed E-state index contributed by atoms with van der Waals surface area (Å²) < 4.78 is 0. The number of aromatic nitrogens is 2. The first-order valence-electron chi connectivity index (χ1n) is 8.75. The van der Waals surface area contributed by atoms with Crippen molar-refractivity contribution >= 4 is 11.7 Å². The molecule has 1 aliphatic heterocycles. The van der Waals surface area contributed by atoms with Gasteiger partial charge in [0, 0.05) is 36.8 Å². The number of anilines is 1. The Morgan fingerprint density at radius 1 is 1.20 bits per heavy atom. The van der Waals surface area contributed by atoms with Crippen LogP contribution in [0.1, 0.15) is 32.9 Å². The fourth-order valence-electron chi connectivity index (χ4n) is 3.16. The largest absolute Gasteiger partial charge is 0.365 e. The van der Waals surface area contributed by atoms with Gasteiger partial charge in [-0.3, -0.25) is 4.79 Å². The third-order valence-corrected chi connectivity index (χ3v) is 4.12. The molecule has 1 fully saturated rings. The number of benzene rings is 1. The van der Waals surface area contributed by atoms with Crippen molar-refractivity contribution in [1.29, 1.82) is 0 Å². The summed E-state index contributed by atoms with van der Waals surface area (Å²) in [6.45, 7) is 9.93. The lowest BCUT2D eigenvalue weighted by Gasteiger charge is -2.26. The number of hydrogen-bond donors (Lipinski definition) is 1. The summed E-state index contributed by atoms with van der Waals surface area (Å²) in [5.74, 6) is 1.70. The van der Waals surface area contributed by atoms with Gasteiger partial charge in [-0.05, 0) is 12.3 Å². The SMILES string of the molecule is Cc1cc(N[C@@H]2CC(=O)N(CC(C)(C)C)C2)nc(-c2ccccc2)n1. The molecule has 1 aromatic heterocycles. The minimum Gasteiger partial charge on any atom is -0.365 e. The molecule has 1 amide bonds. The van der Waals surface area contributed by atoms with Crippen LogP contribution in [0.15, 0.2) is 36.4 Å². The van der Waals surface area contributed by atoms with Crippen molar-refractivity contribution < 1.29 is 4.79 Å². The molecule has 5 nitrogen and oxygen atoms in total. The number of likely N-dealkylation sites (tertiary alicyclic amines) is 1. The lowest BCUT2D eigenvalue weighted by atomic mass is 9.96. The highest BCUT2D eigenvalue weighted by atomic mass is 16.2. The minimum atomic E-state index is 0.0905. The van der Waals surface area contributed by atoms with Gasteiger partial charge < -0.3 is 10.2 Å². The summed E-state index contributed by atoms with van der Waals surface area (Å²) in [7, 11) is 0. The van der Waals surface area contributed by atoms with E-state index in [9.17, 15) is 4.79 Å². The van der Waals surface area contributed by atoms with Crippen LogP contribution in [-0.2, 0) is 4.79 Å². The fourth-order valence-corrected chi connectivity index (χ4v) is 3.16. The first kappa shape index (κ1) is 17.4. The van der Waals surface area contributed by atoms with E-state index in [0.717, 1.165) is 30.2 Å². The van der Waals surface area contributed by atoms with Crippen LogP contribution in [0.3, 0.4) is 0 Å². The molecular weight excluding hydrogens is 312 g/mol. The molecule has 5 heteroatoms. The molecule has 0 radical (unpaired) electrons. The Morgan fingerprint density at radius 2 is 1.92 bits per heavy atom. The number of aryl methyl sites for hydroxylation is 1. The molecule has 0 spiro atoms. The number of carbonyl (C=O) groups excluding carboxylic acids is 1. The Bertz CT molecular complexity index is 752. The van der Waals surface area contributed by atoms with Crippen molar-refractivity contribution in [2.45, 2.75) is 40.2 Å². The standard InChI is InChI=1S/C20H26N4O/c1-14-10-17(23-19(21-14)15-8-6-5-7-9-15)22-16-11-18(25)24(12-16)13-20(2,3)4/h5-10,16H,11-13H2,1-4H3,(H,21,22,23)/t16-/m1/s1. The first-order chi connectivity index (χ1) is 11.8. The Kier molecular flexibility index (Phi) is 4.75. The molecule has 1 aromatic carbocycles.